The number of benzene rings is 1. The number of aromatic nitrogens is 3. The summed E-state index contributed by atoms with van der Waals surface area (Å²) in [5.74, 6) is 0.609. The molecule has 3 N–H and O–H groups in total. The summed E-state index contributed by atoms with van der Waals surface area (Å²) in [5.41, 5.74) is 8.50. The average molecular weight is 266 g/mol. The molecule has 0 atom stereocenters. The monoisotopic (exact) mass is 266 g/mol. The van der Waals surface area contributed by atoms with E-state index in [-0.39, 0.29) is 5.96 Å². The van der Waals surface area contributed by atoms with Crippen LogP contribution in [-0.4, -0.2) is 26.7 Å². The molecule has 0 bridgehead atoms. The van der Waals surface area contributed by atoms with Crippen LogP contribution in [-0.2, 0) is 7.05 Å². The maximum Gasteiger partial charge on any atom is 0.231 e. The van der Waals surface area contributed by atoms with Gasteiger partial charge >= 0.3 is 0 Å². The summed E-state index contributed by atoms with van der Waals surface area (Å²) in [7, 11) is 1.94. The fraction of sp³-hybridized carbons (Fsp3) is 0.0714. The number of H-pyrrole nitrogens is 1. The summed E-state index contributed by atoms with van der Waals surface area (Å²) in [5, 5.41) is 0. The molecule has 3 rings (SSSR count). The minimum Gasteiger partial charge on any atom is -0.368 e. The van der Waals surface area contributed by atoms with Crippen molar-refractivity contribution in [2.75, 3.05) is 0 Å². The smallest absolute Gasteiger partial charge is 0.231 e. The van der Waals surface area contributed by atoms with Crippen LogP contribution < -0.4 is 5.73 Å². The molecule has 0 aliphatic rings. The number of hydrogen-bond acceptors (Lipinski definition) is 2. The summed E-state index contributed by atoms with van der Waals surface area (Å²) in [4.78, 5) is 15.6. The zero-order valence-electron chi connectivity index (χ0n) is 11.0. The molecule has 0 aliphatic heterocycles. The molecule has 0 saturated heterocycles. The van der Waals surface area contributed by atoms with E-state index in [0.29, 0.717) is 5.95 Å². The molecule has 0 amide bonds. The Balaban J connectivity index is 1.84. The third-order valence-corrected chi connectivity index (χ3v) is 2.91. The Labute approximate surface area is 115 Å². The zero-order valence-corrected chi connectivity index (χ0v) is 11.0. The number of imidazole rings is 1. The first-order valence-corrected chi connectivity index (χ1v) is 6.17. The van der Waals surface area contributed by atoms with Crippen LogP contribution in [0.2, 0.25) is 0 Å². The normalized spacial score (nSPS) is 12.6. The van der Waals surface area contributed by atoms with Crippen molar-refractivity contribution in [2.24, 2.45) is 22.8 Å². The van der Waals surface area contributed by atoms with Crippen molar-refractivity contribution in [3.8, 4) is 0 Å². The molecule has 0 radical (unpaired) electrons. The van der Waals surface area contributed by atoms with Gasteiger partial charge in [0.1, 0.15) is 0 Å². The Hall–Kier alpha value is -2.89. The molecular formula is C14H14N6. The highest BCUT2D eigenvalue weighted by molar-refractivity contribution is 5.93. The molecule has 6 nitrogen and oxygen atoms in total. The number of hydrogen-bond donors (Lipinski definition) is 2. The molecule has 100 valence electrons. The molecule has 0 aliphatic carbocycles. The highest BCUT2D eigenvalue weighted by Crippen LogP contribution is 2.15. The van der Waals surface area contributed by atoms with Gasteiger partial charge in [0.2, 0.25) is 11.9 Å². The fourth-order valence-electron chi connectivity index (χ4n) is 1.87. The Kier molecular flexibility index (Phi) is 3.04. The molecule has 2 aromatic heterocycles. The number of aryl methyl sites for hydroxylation is 1. The molecule has 0 unspecified atom stereocenters. The van der Waals surface area contributed by atoms with E-state index in [1.165, 1.54) is 0 Å². The van der Waals surface area contributed by atoms with E-state index in [1.807, 2.05) is 54.2 Å². The highest BCUT2D eigenvalue weighted by Gasteiger charge is 2.00. The molecule has 3 aromatic rings. The summed E-state index contributed by atoms with van der Waals surface area (Å²) in [6, 6.07) is 11.6. The molecule has 6 heteroatoms. The number of rotatable bonds is 2. The van der Waals surface area contributed by atoms with Gasteiger partial charge < -0.3 is 15.3 Å². The SMILES string of the molecule is Cn1cccc1C=NC(N)=Nc1nc2ccccc2[nH]1. The van der Waals surface area contributed by atoms with E-state index >= 15 is 0 Å². The van der Waals surface area contributed by atoms with Gasteiger partial charge in [0, 0.05) is 13.2 Å². The molecule has 20 heavy (non-hydrogen) atoms. The number of aliphatic imine (C=N–C) groups is 2. The van der Waals surface area contributed by atoms with Gasteiger partial charge in [-0.2, -0.15) is 4.99 Å². The lowest BCUT2D eigenvalue weighted by atomic mass is 10.3. The Morgan fingerprint density at radius 2 is 2.15 bits per heavy atom. The zero-order chi connectivity index (χ0) is 13.9. The van der Waals surface area contributed by atoms with Crippen molar-refractivity contribution in [1.82, 2.24) is 14.5 Å². The van der Waals surface area contributed by atoms with Crippen LogP contribution in [0.15, 0.2) is 52.6 Å². The second kappa shape index (κ2) is 5.00. The van der Waals surface area contributed by atoms with Crippen LogP contribution in [0.3, 0.4) is 0 Å². The molecule has 2 heterocycles. The standard InChI is InChI=1S/C14H14N6/c1-20-8-4-5-10(20)9-16-13(15)19-14-17-11-6-2-3-7-12(11)18-14/h2-9H,1H3,(H3,15,17,18,19). The summed E-state index contributed by atoms with van der Waals surface area (Å²) >= 11 is 0. The van der Waals surface area contributed by atoms with Crippen LogP contribution in [0.1, 0.15) is 5.69 Å². The van der Waals surface area contributed by atoms with Crippen molar-refractivity contribution < 1.29 is 0 Å². The maximum atomic E-state index is 5.78. The summed E-state index contributed by atoms with van der Waals surface area (Å²) in [6.07, 6.45) is 3.61. The second-order valence-corrected chi connectivity index (χ2v) is 4.35. The van der Waals surface area contributed by atoms with E-state index in [0.717, 1.165) is 16.7 Å². The lowest BCUT2D eigenvalue weighted by Crippen LogP contribution is -2.08. The first-order valence-electron chi connectivity index (χ1n) is 6.17. The molecule has 0 saturated carbocycles. The third kappa shape index (κ3) is 2.44. The predicted molar refractivity (Wildman–Crippen MR) is 80.4 cm³/mol. The lowest BCUT2D eigenvalue weighted by molar-refractivity contribution is 0.919. The van der Waals surface area contributed by atoms with Gasteiger partial charge in [-0.1, -0.05) is 12.1 Å². The van der Waals surface area contributed by atoms with Gasteiger partial charge in [-0.3, -0.25) is 0 Å². The quantitative estimate of drug-likeness (QED) is 0.549. The molecular weight excluding hydrogens is 252 g/mol. The van der Waals surface area contributed by atoms with E-state index in [1.54, 1.807) is 6.21 Å². The van der Waals surface area contributed by atoms with Crippen molar-refractivity contribution in [3.05, 3.63) is 48.3 Å². The van der Waals surface area contributed by atoms with Gasteiger partial charge in [-0.15, -0.1) is 0 Å². The van der Waals surface area contributed by atoms with Crippen molar-refractivity contribution in [1.29, 1.82) is 0 Å². The van der Waals surface area contributed by atoms with Crippen LogP contribution in [0, 0.1) is 0 Å². The van der Waals surface area contributed by atoms with Crippen LogP contribution >= 0.6 is 0 Å². The van der Waals surface area contributed by atoms with E-state index in [2.05, 4.69) is 20.0 Å². The number of fused-ring (bicyclic) bond motifs is 1. The topological polar surface area (TPSA) is 84.3 Å². The summed E-state index contributed by atoms with van der Waals surface area (Å²) in [6.45, 7) is 0. The number of nitrogens with two attached hydrogens (primary N) is 1. The third-order valence-electron chi connectivity index (χ3n) is 2.91. The highest BCUT2D eigenvalue weighted by atomic mass is 15.1. The number of nitrogens with zero attached hydrogens (tertiary/aromatic N) is 4. The number of aromatic amines is 1. The fourth-order valence-corrected chi connectivity index (χ4v) is 1.87. The predicted octanol–water partition coefficient (Wildman–Crippen LogP) is 1.97. The largest absolute Gasteiger partial charge is 0.368 e. The van der Waals surface area contributed by atoms with Crippen molar-refractivity contribution in [2.45, 2.75) is 0 Å². The van der Waals surface area contributed by atoms with E-state index < -0.39 is 0 Å². The Bertz CT molecular complexity index is 760. The summed E-state index contributed by atoms with van der Waals surface area (Å²) < 4.78 is 1.94. The molecule has 0 spiro atoms. The van der Waals surface area contributed by atoms with Crippen molar-refractivity contribution >= 4 is 29.2 Å². The minimum absolute atomic E-state index is 0.158. The average Bonchev–Trinajstić information content (AvgIpc) is 3.01. The number of nitrogens with one attached hydrogen (secondary N) is 1. The number of para-hydroxylation sites is 2. The first kappa shape index (κ1) is 12.2. The van der Waals surface area contributed by atoms with Gasteiger partial charge in [-0.25, -0.2) is 9.98 Å². The van der Waals surface area contributed by atoms with Gasteiger partial charge in [-0.05, 0) is 24.3 Å². The van der Waals surface area contributed by atoms with E-state index in [4.69, 9.17) is 5.73 Å². The van der Waals surface area contributed by atoms with Gasteiger partial charge in [0.05, 0.1) is 22.9 Å². The van der Waals surface area contributed by atoms with Gasteiger partial charge in [0.15, 0.2) is 0 Å². The molecule has 1 aromatic carbocycles. The van der Waals surface area contributed by atoms with Crippen LogP contribution in [0.25, 0.3) is 11.0 Å². The first-order chi connectivity index (χ1) is 9.72. The van der Waals surface area contributed by atoms with Crippen LogP contribution in [0.4, 0.5) is 5.95 Å². The number of guanidine groups is 1. The Morgan fingerprint density at radius 1 is 1.30 bits per heavy atom. The van der Waals surface area contributed by atoms with Crippen molar-refractivity contribution in [3.63, 3.8) is 0 Å². The van der Waals surface area contributed by atoms with Crippen LogP contribution in [0.5, 0.6) is 0 Å². The Morgan fingerprint density at radius 3 is 2.90 bits per heavy atom. The minimum atomic E-state index is 0.158. The van der Waals surface area contributed by atoms with E-state index in [9.17, 15) is 0 Å². The molecule has 0 fully saturated rings. The second-order valence-electron chi connectivity index (χ2n) is 4.35. The van der Waals surface area contributed by atoms with Gasteiger partial charge in [0.25, 0.3) is 0 Å². The maximum absolute atomic E-state index is 5.78. The lowest BCUT2D eigenvalue weighted by Gasteiger charge is -1.94.